The molecule has 4 aliphatic rings. The number of hydrogen-bond acceptors (Lipinski definition) is 5. The first-order valence-electron chi connectivity index (χ1n) is 10.8. The summed E-state index contributed by atoms with van der Waals surface area (Å²) in [6, 6.07) is 3.34. The summed E-state index contributed by atoms with van der Waals surface area (Å²) in [6.45, 7) is 7.63. The Morgan fingerprint density at radius 2 is 1.97 bits per heavy atom. The van der Waals surface area contributed by atoms with Gasteiger partial charge in [0.2, 0.25) is 6.23 Å². The van der Waals surface area contributed by atoms with Crippen LogP contribution in [0.4, 0.5) is 18.9 Å². The number of hydrogen-bond donors (Lipinski definition) is 0. The number of halogens is 3. The van der Waals surface area contributed by atoms with E-state index in [1.165, 1.54) is 0 Å². The van der Waals surface area contributed by atoms with Gasteiger partial charge in [0.25, 0.3) is 0 Å². The Kier molecular flexibility index (Phi) is 4.49. The molecule has 2 aromatic rings. The lowest BCUT2D eigenvalue weighted by molar-refractivity contribution is -0.189. The van der Waals surface area contributed by atoms with Crippen LogP contribution in [0, 0.1) is 6.92 Å². The van der Waals surface area contributed by atoms with E-state index in [1.807, 2.05) is 38.7 Å². The molecule has 0 N–H and O–H groups in total. The molecule has 0 aliphatic carbocycles. The number of alkyl halides is 3. The maximum absolute atomic E-state index is 13.6. The average Bonchev–Trinajstić information content (AvgIpc) is 3.10. The zero-order valence-corrected chi connectivity index (χ0v) is 18.4. The molecular weight excluding hydrogens is 421 g/mol. The lowest BCUT2D eigenvalue weighted by atomic mass is 9.78. The van der Waals surface area contributed by atoms with Crippen LogP contribution in [0.5, 0.6) is 5.75 Å². The second-order valence-electron chi connectivity index (χ2n) is 9.50. The summed E-state index contributed by atoms with van der Waals surface area (Å²) in [5.41, 5.74) is 3.32. The molecule has 6 bridgehead atoms. The molecule has 32 heavy (non-hydrogen) atoms. The van der Waals surface area contributed by atoms with Crippen LogP contribution in [0.1, 0.15) is 61.9 Å². The zero-order valence-electron chi connectivity index (χ0n) is 18.4. The molecule has 9 heteroatoms. The van der Waals surface area contributed by atoms with Crippen LogP contribution < -0.4 is 9.64 Å². The molecule has 170 valence electrons. The lowest BCUT2D eigenvalue weighted by Gasteiger charge is -2.51. The van der Waals surface area contributed by atoms with Crippen molar-refractivity contribution >= 4 is 11.6 Å². The standard InChI is InChI=1S/C23H25F3N4O2/c1-12-5-6-29(21(31)23(24,25)26)19-8-14-7-18-17(9-15(12)14)30(22(19,3)4)20(32-18)16-11-27-13(2)10-28-16/h7,9-12,19-20H,5-6,8H2,1-4H3/t12-,19+,20?/m0/s1. The summed E-state index contributed by atoms with van der Waals surface area (Å²) in [7, 11) is 0. The number of aryl methyl sites for hydroxylation is 1. The third kappa shape index (κ3) is 3.04. The van der Waals surface area contributed by atoms with E-state index in [1.54, 1.807) is 12.4 Å². The minimum absolute atomic E-state index is 0.0149. The van der Waals surface area contributed by atoms with Crippen molar-refractivity contribution in [2.45, 2.75) is 70.4 Å². The Labute approximate surface area is 184 Å². The second kappa shape index (κ2) is 6.83. The molecule has 0 saturated carbocycles. The first-order valence-corrected chi connectivity index (χ1v) is 10.8. The number of benzene rings is 1. The van der Waals surface area contributed by atoms with E-state index in [0.29, 0.717) is 24.3 Å². The Morgan fingerprint density at radius 1 is 1.22 bits per heavy atom. The Hall–Kier alpha value is -2.84. The number of nitrogens with zero attached hydrogens (tertiary/aromatic N) is 4. The molecule has 1 unspecified atom stereocenters. The molecule has 1 aromatic carbocycles. The first kappa shape index (κ1) is 21.0. The molecule has 1 aromatic heterocycles. The van der Waals surface area contributed by atoms with E-state index in [4.69, 9.17) is 4.74 Å². The van der Waals surface area contributed by atoms with Crippen molar-refractivity contribution in [1.82, 2.24) is 14.9 Å². The minimum atomic E-state index is -4.93. The van der Waals surface area contributed by atoms with Gasteiger partial charge < -0.3 is 14.5 Å². The molecule has 0 saturated heterocycles. The normalized spacial score (nSPS) is 25.8. The fourth-order valence-corrected chi connectivity index (χ4v) is 5.34. The van der Waals surface area contributed by atoms with Crippen molar-refractivity contribution < 1.29 is 22.7 Å². The molecule has 3 atom stereocenters. The number of aromatic nitrogens is 2. The molecule has 0 radical (unpaired) electrons. The Morgan fingerprint density at radius 3 is 2.62 bits per heavy atom. The van der Waals surface area contributed by atoms with Gasteiger partial charge in [-0.05, 0) is 62.8 Å². The third-order valence-corrected chi connectivity index (χ3v) is 7.07. The van der Waals surface area contributed by atoms with E-state index in [-0.39, 0.29) is 12.5 Å². The van der Waals surface area contributed by atoms with Crippen LogP contribution in [0.2, 0.25) is 0 Å². The summed E-state index contributed by atoms with van der Waals surface area (Å²) in [5, 5.41) is 0. The van der Waals surface area contributed by atoms with E-state index in [0.717, 1.165) is 27.4 Å². The molecular formula is C23H25F3N4O2. The monoisotopic (exact) mass is 446 g/mol. The molecule has 0 fully saturated rings. The van der Waals surface area contributed by atoms with Crippen molar-refractivity contribution in [2.24, 2.45) is 0 Å². The summed E-state index contributed by atoms with van der Waals surface area (Å²) < 4.78 is 47.1. The number of carbonyl (C=O) groups is 1. The van der Waals surface area contributed by atoms with Crippen molar-refractivity contribution in [3.63, 3.8) is 0 Å². The highest BCUT2D eigenvalue weighted by molar-refractivity contribution is 5.83. The highest BCUT2D eigenvalue weighted by atomic mass is 19.4. The Balaban J connectivity index is 1.70. The van der Waals surface area contributed by atoms with Crippen LogP contribution >= 0.6 is 0 Å². The zero-order chi connectivity index (χ0) is 23.0. The van der Waals surface area contributed by atoms with Crippen LogP contribution in [-0.2, 0) is 11.2 Å². The second-order valence-corrected chi connectivity index (χ2v) is 9.50. The highest BCUT2D eigenvalue weighted by Gasteiger charge is 2.54. The summed E-state index contributed by atoms with van der Waals surface area (Å²) in [5.74, 6) is -1.08. The summed E-state index contributed by atoms with van der Waals surface area (Å²) in [6.07, 6.45) is -1.50. The molecule has 4 aliphatic heterocycles. The van der Waals surface area contributed by atoms with Crippen LogP contribution in [0.3, 0.4) is 0 Å². The predicted octanol–water partition coefficient (Wildman–Crippen LogP) is 4.28. The topological polar surface area (TPSA) is 58.6 Å². The van der Waals surface area contributed by atoms with Crippen LogP contribution in [-0.4, -0.2) is 45.1 Å². The number of carbonyl (C=O) groups excluding carboxylic acids is 1. The van der Waals surface area contributed by atoms with Crippen molar-refractivity contribution in [3.05, 3.63) is 47.0 Å². The minimum Gasteiger partial charge on any atom is -0.462 e. The maximum atomic E-state index is 13.6. The quantitative estimate of drug-likeness (QED) is 0.654. The largest absolute Gasteiger partial charge is 0.471 e. The van der Waals surface area contributed by atoms with E-state index in [9.17, 15) is 18.0 Å². The van der Waals surface area contributed by atoms with Crippen LogP contribution in [0.25, 0.3) is 0 Å². The van der Waals surface area contributed by atoms with Gasteiger partial charge in [0, 0.05) is 12.7 Å². The van der Waals surface area contributed by atoms with Gasteiger partial charge in [0.1, 0.15) is 11.4 Å². The fourth-order valence-electron chi connectivity index (χ4n) is 5.34. The summed E-state index contributed by atoms with van der Waals surface area (Å²) in [4.78, 5) is 24.4. The Bertz CT molecular complexity index is 1080. The highest BCUT2D eigenvalue weighted by Crippen LogP contribution is 2.53. The number of amides is 1. The molecule has 6 nitrogen and oxygen atoms in total. The van der Waals surface area contributed by atoms with E-state index >= 15 is 0 Å². The van der Waals surface area contributed by atoms with Gasteiger partial charge in [0.15, 0.2) is 0 Å². The lowest BCUT2D eigenvalue weighted by Crippen LogP contribution is -2.64. The predicted molar refractivity (Wildman–Crippen MR) is 111 cm³/mol. The van der Waals surface area contributed by atoms with Crippen molar-refractivity contribution in [2.75, 3.05) is 11.4 Å². The van der Waals surface area contributed by atoms with Gasteiger partial charge in [0.05, 0.1) is 29.2 Å². The molecule has 0 spiro atoms. The molecule has 6 rings (SSSR count). The van der Waals surface area contributed by atoms with Crippen LogP contribution in [0.15, 0.2) is 24.5 Å². The molecule has 5 heterocycles. The van der Waals surface area contributed by atoms with Gasteiger partial charge in [-0.25, -0.2) is 0 Å². The maximum Gasteiger partial charge on any atom is 0.471 e. The van der Waals surface area contributed by atoms with Crippen molar-refractivity contribution in [1.29, 1.82) is 0 Å². The van der Waals surface area contributed by atoms with Gasteiger partial charge >= 0.3 is 12.1 Å². The van der Waals surface area contributed by atoms with E-state index < -0.39 is 29.9 Å². The van der Waals surface area contributed by atoms with Gasteiger partial charge in [-0.3, -0.25) is 14.8 Å². The fraction of sp³-hybridized carbons (Fsp3) is 0.522. The van der Waals surface area contributed by atoms with Crippen molar-refractivity contribution in [3.8, 4) is 5.75 Å². The van der Waals surface area contributed by atoms with Gasteiger partial charge in [-0.1, -0.05) is 6.92 Å². The average molecular weight is 446 g/mol. The molecule has 1 amide bonds. The van der Waals surface area contributed by atoms with Gasteiger partial charge in [-0.15, -0.1) is 0 Å². The number of ether oxygens (including phenoxy) is 1. The number of anilines is 1. The summed E-state index contributed by atoms with van der Waals surface area (Å²) >= 11 is 0. The SMILES string of the molecule is Cc1cnc(C2Oc3cc4c5cc3N2C(C)(C)[C@@H](C4)N(C(=O)C(F)(F)F)CC[C@@H]5C)cn1. The smallest absolute Gasteiger partial charge is 0.462 e. The number of rotatable bonds is 1. The van der Waals surface area contributed by atoms with Gasteiger partial charge in [-0.2, -0.15) is 13.2 Å². The first-order chi connectivity index (χ1) is 15.0. The van der Waals surface area contributed by atoms with E-state index in [2.05, 4.69) is 16.0 Å². The third-order valence-electron chi connectivity index (χ3n) is 7.07.